The van der Waals surface area contributed by atoms with Gasteiger partial charge in [0.15, 0.2) is 0 Å². The van der Waals surface area contributed by atoms with E-state index in [9.17, 15) is 8.42 Å². The fourth-order valence-electron chi connectivity index (χ4n) is 2.43. The van der Waals surface area contributed by atoms with Crippen LogP contribution in [0.1, 0.15) is 0 Å². The van der Waals surface area contributed by atoms with Crippen molar-refractivity contribution in [3.05, 3.63) is 48.7 Å². The number of rotatable bonds is 0. The summed E-state index contributed by atoms with van der Waals surface area (Å²) in [5.74, 6) is 0.760. The number of aromatic amines is 1. The number of hydrogen-bond donors (Lipinski definition) is 1. The molecule has 0 unspecified atom stereocenters. The van der Waals surface area contributed by atoms with Crippen LogP contribution < -0.4 is 4.74 Å². The van der Waals surface area contributed by atoms with E-state index >= 15 is 0 Å². The average molecular weight is 271 g/mol. The molecule has 1 aromatic heterocycles. The fraction of sp³-hybridized carbons (Fsp3) is 0. The second-order valence-electron chi connectivity index (χ2n) is 4.38. The smallest absolute Gasteiger partial charge is 0.214 e. The average Bonchev–Trinajstić information content (AvgIpc) is 2.86. The molecular formula is C14H9NO3S. The summed E-state index contributed by atoms with van der Waals surface area (Å²) in [6.45, 7) is 0. The van der Waals surface area contributed by atoms with E-state index in [0.29, 0.717) is 16.9 Å². The quantitative estimate of drug-likeness (QED) is 0.534. The van der Waals surface area contributed by atoms with Gasteiger partial charge in [-0.3, -0.25) is 0 Å². The minimum absolute atomic E-state index is 0.219. The molecule has 0 fully saturated rings. The zero-order chi connectivity index (χ0) is 13.0. The summed E-state index contributed by atoms with van der Waals surface area (Å²) < 4.78 is 31.1. The van der Waals surface area contributed by atoms with Crippen LogP contribution in [0.25, 0.3) is 10.9 Å². The van der Waals surface area contributed by atoms with Gasteiger partial charge in [-0.25, -0.2) is 8.42 Å². The Morgan fingerprint density at radius 1 is 0.947 bits per heavy atom. The molecule has 1 N–H and O–H groups in total. The predicted molar refractivity (Wildman–Crippen MR) is 70.3 cm³/mol. The van der Waals surface area contributed by atoms with Gasteiger partial charge in [0, 0.05) is 17.1 Å². The lowest BCUT2D eigenvalue weighted by atomic mass is 10.2. The molecule has 0 aliphatic carbocycles. The lowest BCUT2D eigenvalue weighted by Gasteiger charge is -2.20. The zero-order valence-corrected chi connectivity index (χ0v) is 10.6. The van der Waals surface area contributed by atoms with Gasteiger partial charge in [-0.05, 0) is 30.3 Å². The predicted octanol–water partition coefficient (Wildman–Crippen LogP) is 3.11. The summed E-state index contributed by atoms with van der Waals surface area (Å²) >= 11 is 0. The van der Waals surface area contributed by atoms with E-state index in [0.717, 1.165) is 5.52 Å². The molecule has 2 aromatic carbocycles. The maximum atomic E-state index is 12.7. The molecule has 5 heteroatoms. The molecule has 2 heterocycles. The number of aromatic nitrogens is 1. The third kappa shape index (κ3) is 1.30. The van der Waals surface area contributed by atoms with Crippen LogP contribution in [0.4, 0.5) is 0 Å². The normalized spacial score (nSPS) is 15.6. The number of fused-ring (bicyclic) bond motifs is 4. The summed E-state index contributed by atoms with van der Waals surface area (Å²) in [6, 6.07) is 11.9. The lowest BCUT2D eigenvalue weighted by Crippen LogP contribution is -2.11. The van der Waals surface area contributed by atoms with Gasteiger partial charge < -0.3 is 9.72 Å². The minimum Gasteiger partial charge on any atom is -0.455 e. The first-order valence-corrected chi connectivity index (χ1v) is 7.28. The second-order valence-corrected chi connectivity index (χ2v) is 6.24. The number of nitrogens with one attached hydrogen (secondary N) is 1. The Balaban J connectivity index is 2.17. The Labute approximate surface area is 109 Å². The summed E-state index contributed by atoms with van der Waals surface area (Å²) in [7, 11) is -3.54. The molecule has 0 radical (unpaired) electrons. The molecule has 0 atom stereocenters. The van der Waals surface area contributed by atoms with Crippen molar-refractivity contribution in [2.45, 2.75) is 9.79 Å². The van der Waals surface area contributed by atoms with Crippen LogP contribution in [0.3, 0.4) is 0 Å². The van der Waals surface area contributed by atoms with Crippen LogP contribution in [0.15, 0.2) is 58.5 Å². The highest BCUT2D eigenvalue weighted by atomic mass is 32.2. The monoisotopic (exact) mass is 271 g/mol. The van der Waals surface area contributed by atoms with E-state index in [1.165, 1.54) is 0 Å². The highest BCUT2D eigenvalue weighted by Gasteiger charge is 2.32. The van der Waals surface area contributed by atoms with Crippen molar-refractivity contribution in [1.82, 2.24) is 4.98 Å². The lowest BCUT2D eigenvalue weighted by molar-refractivity contribution is 0.445. The number of sulfone groups is 1. The second kappa shape index (κ2) is 3.39. The number of hydrogen-bond acceptors (Lipinski definition) is 3. The third-order valence-corrected chi connectivity index (χ3v) is 5.15. The van der Waals surface area contributed by atoms with Gasteiger partial charge in [-0.2, -0.15) is 0 Å². The van der Waals surface area contributed by atoms with Crippen molar-refractivity contribution in [2.24, 2.45) is 0 Å². The molecule has 1 aliphatic rings. The molecule has 3 aromatic rings. The van der Waals surface area contributed by atoms with Crippen molar-refractivity contribution in [3.8, 4) is 11.5 Å². The van der Waals surface area contributed by atoms with Gasteiger partial charge in [0.2, 0.25) is 9.84 Å². The Kier molecular flexibility index (Phi) is 1.90. The third-order valence-electron chi connectivity index (χ3n) is 3.28. The Hall–Kier alpha value is -2.27. The van der Waals surface area contributed by atoms with Crippen molar-refractivity contribution in [3.63, 3.8) is 0 Å². The van der Waals surface area contributed by atoms with Gasteiger partial charge >= 0.3 is 0 Å². The van der Waals surface area contributed by atoms with Gasteiger partial charge in [0.05, 0.1) is 0 Å². The molecular weight excluding hydrogens is 262 g/mol. The first kappa shape index (κ1) is 10.6. The molecule has 94 valence electrons. The van der Waals surface area contributed by atoms with Crippen molar-refractivity contribution < 1.29 is 13.2 Å². The van der Waals surface area contributed by atoms with Gasteiger partial charge in [-0.1, -0.05) is 12.1 Å². The molecule has 0 saturated carbocycles. The molecule has 0 spiro atoms. The van der Waals surface area contributed by atoms with Crippen LogP contribution in [0.5, 0.6) is 11.5 Å². The van der Waals surface area contributed by atoms with Crippen LogP contribution in [0.2, 0.25) is 0 Å². The van der Waals surface area contributed by atoms with E-state index in [1.807, 2.05) is 6.07 Å². The standard InChI is InChI=1S/C14H9NO3S/c16-19(17)13-4-2-1-3-11(13)18-12-6-5-10-9(14(12)19)7-8-15-10/h1-8,15H. The van der Waals surface area contributed by atoms with Crippen molar-refractivity contribution >= 4 is 20.7 Å². The maximum Gasteiger partial charge on any atom is 0.214 e. The molecule has 0 amide bonds. The minimum atomic E-state index is -3.54. The SMILES string of the molecule is O=S1(=O)c2ccccc2Oc2ccc3[nH]ccc3c21. The first-order valence-electron chi connectivity index (χ1n) is 5.80. The maximum absolute atomic E-state index is 12.7. The number of ether oxygens (including phenoxy) is 1. The molecule has 4 nitrogen and oxygen atoms in total. The molecule has 1 aliphatic heterocycles. The first-order chi connectivity index (χ1) is 9.18. The summed E-state index contributed by atoms with van der Waals surface area (Å²) in [6.07, 6.45) is 1.72. The molecule has 4 rings (SSSR count). The topological polar surface area (TPSA) is 59.2 Å². The van der Waals surface area contributed by atoms with E-state index < -0.39 is 9.84 Å². The highest BCUT2D eigenvalue weighted by Crippen LogP contribution is 2.45. The van der Waals surface area contributed by atoms with Gasteiger partial charge in [0.1, 0.15) is 21.3 Å². The van der Waals surface area contributed by atoms with Gasteiger partial charge in [0.25, 0.3) is 0 Å². The van der Waals surface area contributed by atoms with Crippen LogP contribution in [0, 0.1) is 0 Å². The molecule has 19 heavy (non-hydrogen) atoms. The van der Waals surface area contributed by atoms with E-state index in [1.54, 1.807) is 42.6 Å². The largest absolute Gasteiger partial charge is 0.455 e. The number of H-pyrrole nitrogens is 1. The summed E-state index contributed by atoms with van der Waals surface area (Å²) in [5, 5.41) is 0.659. The van der Waals surface area contributed by atoms with E-state index in [4.69, 9.17) is 4.74 Å². The number of benzene rings is 2. The van der Waals surface area contributed by atoms with E-state index in [2.05, 4.69) is 4.98 Å². The Morgan fingerprint density at radius 2 is 1.79 bits per heavy atom. The van der Waals surface area contributed by atoms with Crippen molar-refractivity contribution in [1.29, 1.82) is 0 Å². The summed E-state index contributed by atoms with van der Waals surface area (Å²) in [5.41, 5.74) is 0.783. The molecule has 0 bridgehead atoms. The van der Waals surface area contributed by atoms with Crippen LogP contribution >= 0.6 is 0 Å². The highest BCUT2D eigenvalue weighted by molar-refractivity contribution is 7.92. The van der Waals surface area contributed by atoms with Gasteiger partial charge in [-0.15, -0.1) is 0 Å². The van der Waals surface area contributed by atoms with Crippen molar-refractivity contribution in [2.75, 3.05) is 0 Å². The Morgan fingerprint density at radius 3 is 2.68 bits per heavy atom. The van der Waals surface area contributed by atoms with Crippen LogP contribution in [-0.4, -0.2) is 13.4 Å². The van der Waals surface area contributed by atoms with Crippen LogP contribution in [-0.2, 0) is 9.84 Å². The summed E-state index contributed by atoms with van der Waals surface area (Å²) in [4.78, 5) is 3.47. The number of para-hydroxylation sites is 1. The fourth-order valence-corrected chi connectivity index (χ4v) is 4.12. The Bertz CT molecular complexity index is 909. The molecule has 0 saturated heterocycles. The van der Waals surface area contributed by atoms with E-state index in [-0.39, 0.29) is 9.79 Å². The zero-order valence-electron chi connectivity index (χ0n) is 9.75.